The van der Waals surface area contributed by atoms with Crippen LogP contribution in [0.2, 0.25) is 0 Å². The number of hydrogen-bond acceptors (Lipinski definition) is 5. The van der Waals surface area contributed by atoms with Crippen LogP contribution in [-0.2, 0) is 4.74 Å². The summed E-state index contributed by atoms with van der Waals surface area (Å²) in [5.74, 6) is 0.699. The highest BCUT2D eigenvalue weighted by Gasteiger charge is 2.44. The third-order valence-electron chi connectivity index (χ3n) is 4.36. The van der Waals surface area contributed by atoms with E-state index < -0.39 is 0 Å². The van der Waals surface area contributed by atoms with Gasteiger partial charge in [0, 0.05) is 32.8 Å². The fourth-order valence-corrected chi connectivity index (χ4v) is 3.06. The molecule has 0 amide bonds. The van der Waals surface area contributed by atoms with E-state index in [2.05, 4.69) is 28.6 Å². The number of nitrogens with two attached hydrogens (primary N) is 1. The number of piperidine rings is 1. The molecule has 1 fully saturated rings. The van der Waals surface area contributed by atoms with Crippen LogP contribution < -0.4 is 5.73 Å². The zero-order valence-corrected chi connectivity index (χ0v) is 11.9. The first-order valence-electron chi connectivity index (χ1n) is 6.89. The molecule has 0 saturated carbocycles. The Balaban J connectivity index is 1.99. The summed E-state index contributed by atoms with van der Waals surface area (Å²) < 4.78 is 5.18. The minimum absolute atomic E-state index is 0.161. The lowest BCUT2D eigenvalue weighted by Crippen LogP contribution is -2.58. The number of methoxy groups -OCH3 is 1. The fourth-order valence-electron chi connectivity index (χ4n) is 3.06. The number of aliphatic imine (C=N–C) groups is 1. The highest BCUT2D eigenvalue weighted by molar-refractivity contribution is 5.81. The van der Waals surface area contributed by atoms with E-state index in [0.29, 0.717) is 18.6 Å². The zero-order chi connectivity index (χ0) is 13.2. The van der Waals surface area contributed by atoms with Crippen LogP contribution in [0.4, 0.5) is 0 Å². The first-order chi connectivity index (χ1) is 8.59. The van der Waals surface area contributed by atoms with Crippen LogP contribution in [0.5, 0.6) is 0 Å². The minimum atomic E-state index is 0.161. The molecular weight excluding hydrogens is 228 g/mol. The summed E-state index contributed by atoms with van der Waals surface area (Å²) in [6.45, 7) is 9.24. The standard InChI is InChI=1S/C13H26N4O/c1-11(2)16-6-4-13(5-7-16)10-15-12(14)17(13)8-9-18-3/h11H,4-10H2,1-3H3,(H2,14,15). The van der Waals surface area contributed by atoms with Crippen molar-refractivity contribution in [3.8, 4) is 0 Å². The van der Waals surface area contributed by atoms with Crippen molar-refractivity contribution in [1.82, 2.24) is 9.80 Å². The second kappa shape index (κ2) is 5.45. The average molecular weight is 254 g/mol. The largest absolute Gasteiger partial charge is 0.383 e. The maximum Gasteiger partial charge on any atom is 0.191 e. The Hall–Kier alpha value is -0.810. The van der Waals surface area contributed by atoms with Gasteiger partial charge in [0.15, 0.2) is 5.96 Å². The molecule has 2 N–H and O–H groups in total. The molecule has 0 aromatic rings. The molecule has 0 bridgehead atoms. The smallest absolute Gasteiger partial charge is 0.191 e. The Morgan fingerprint density at radius 2 is 2.06 bits per heavy atom. The molecule has 2 aliphatic rings. The van der Waals surface area contributed by atoms with Crippen molar-refractivity contribution >= 4 is 5.96 Å². The Bertz CT molecular complexity index is 308. The summed E-state index contributed by atoms with van der Waals surface area (Å²) in [6.07, 6.45) is 2.30. The average Bonchev–Trinajstić information content (AvgIpc) is 2.65. The molecule has 1 saturated heterocycles. The highest BCUT2D eigenvalue weighted by Crippen LogP contribution is 2.33. The monoisotopic (exact) mass is 254 g/mol. The van der Waals surface area contributed by atoms with Crippen LogP contribution in [0.25, 0.3) is 0 Å². The zero-order valence-electron chi connectivity index (χ0n) is 11.9. The Morgan fingerprint density at radius 3 is 2.61 bits per heavy atom. The van der Waals surface area contributed by atoms with E-state index in [0.717, 1.165) is 39.0 Å². The van der Waals surface area contributed by atoms with Crippen molar-refractivity contribution in [1.29, 1.82) is 0 Å². The summed E-state index contributed by atoms with van der Waals surface area (Å²) in [4.78, 5) is 9.27. The van der Waals surface area contributed by atoms with E-state index in [9.17, 15) is 0 Å². The molecule has 1 spiro atoms. The predicted molar refractivity (Wildman–Crippen MR) is 73.7 cm³/mol. The number of hydrogen-bond donors (Lipinski definition) is 1. The Morgan fingerprint density at radius 1 is 1.39 bits per heavy atom. The molecule has 0 atom stereocenters. The molecule has 0 unspecified atom stereocenters. The summed E-state index contributed by atoms with van der Waals surface area (Å²) in [7, 11) is 1.73. The summed E-state index contributed by atoms with van der Waals surface area (Å²) in [5, 5.41) is 0. The second-order valence-electron chi connectivity index (χ2n) is 5.67. The minimum Gasteiger partial charge on any atom is -0.383 e. The number of guanidine groups is 1. The van der Waals surface area contributed by atoms with Crippen LogP contribution in [0, 0.1) is 0 Å². The van der Waals surface area contributed by atoms with E-state index in [1.54, 1.807) is 7.11 Å². The van der Waals surface area contributed by atoms with Gasteiger partial charge in [0.2, 0.25) is 0 Å². The SMILES string of the molecule is COCCN1C(N)=NCC12CCN(C(C)C)CC2. The first kappa shape index (κ1) is 13.6. The van der Waals surface area contributed by atoms with Crippen LogP contribution >= 0.6 is 0 Å². The maximum atomic E-state index is 6.03. The molecule has 0 aliphatic carbocycles. The third-order valence-corrected chi connectivity index (χ3v) is 4.36. The van der Waals surface area contributed by atoms with Crippen molar-refractivity contribution in [2.75, 3.05) is 39.9 Å². The van der Waals surface area contributed by atoms with E-state index in [-0.39, 0.29) is 5.54 Å². The lowest BCUT2D eigenvalue weighted by atomic mass is 9.86. The van der Waals surface area contributed by atoms with Crippen molar-refractivity contribution < 1.29 is 4.74 Å². The van der Waals surface area contributed by atoms with Crippen molar-refractivity contribution in [2.45, 2.75) is 38.3 Å². The molecule has 18 heavy (non-hydrogen) atoms. The normalized spacial score (nSPS) is 24.0. The summed E-state index contributed by atoms with van der Waals surface area (Å²) in [5.41, 5.74) is 6.19. The summed E-state index contributed by atoms with van der Waals surface area (Å²) in [6, 6.07) is 0.634. The molecule has 0 aromatic heterocycles. The van der Waals surface area contributed by atoms with E-state index in [1.165, 1.54) is 0 Å². The van der Waals surface area contributed by atoms with Crippen molar-refractivity contribution in [3.63, 3.8) is 0 Å². The van der Waals surface area contributed by atoms with Gasteiger partial charge in [-0.3, -0.25) is 4.99 Å². The number of nitrogens with zero attached hydrogens (tertiary/aromatic N) is 3. The molecule has 5 heteroatoms. The Kier molecular flexibility index (Phi) is 4.12. The van der Waals surface area contributed by atoms with Gasteiger partial charge in [-0.05, 0) is 26.7 Å². The van der Waals surface area contributed by atoms with Gasteiger partial charge in [-0.15, -0.1) is 0 Å². The van der Waals surface area contributed by atoms with Crippen LogP contribution in [0.1, 0.15) is 26.7 Å². The fraction of sp³-hybridized carbons (Fsp3) is 0.923. The molecule has 2 aliphatic heterocycles. The van der Waals surface area contributed by atoms with Gasteiger partial charge in [-0.25, -0.2) is 0 Å². The Labute approximate surface area is 110 Å². The van der Waals surface area contributed by atoms with Gasteiger partial charge in [0.05, 0.1) is 18.7 Å². The molecule has 0 aromatic carbocycles. The number of ether oxygens (including phenoxy) is 1. The number of rotatable bonds is 4. The molecule has 2 rings (SSSR count). The highest BCUT2D eigenvalue weighted by atomic mass is 16.5. The van der Waals surface area contributed by atoms with E-state index in [4.69, 9.17) is 10.5 Å². The summed E-state index contributed by atoms with van der Waals surface area (Å²) >= 11 is 0. The lowest BCUT2D eigenvalue weighted by molar-refractivity contribution is 0.0558. The van der Waals surface area contributed by atoms with Crippen LogP contribution in [0.3, 0.4) is 0 Å². The van der Waals surface area contributed by atoms with Crippen LogP contribution in [-0.4, -0.2) is 67.2 Å². The quantitative estimate of drug-likeness (QED) is 0.794. The number of likely N-dealkylation sites (tertiary alicyclic amines) is 1. The predicted octanol–water partition coefficient (Wildman–Crippen LogP) is 0.506. The maximum absolute atomic E-state index is 6.03. The molecule has 5 nitrogen and oxygen atoms in total. The molecule has 104 valence electrons. The molecular formula is C13H26N4O. The van der Waals surface area contributed by atoms with Gasteiger partial charge in [0.25, 0.3) is 0 Å². The van der Waals surface area contributed by atoms with Crippen molar-refractivity contribution in [3.05, 3.63) is 0 Å². The van der Waals surface area contributed by atoms with Gasteiger partial charge in [0.1, 0.15) is 0 Å². The molecule has 2 heterocycles. The lowest BCUT2D eigenvalue weighted by Gasteiger charge is -2.46. The van der Waals surface area contributed by atoms with Crippen molar-refractivity contribution in [2.24, 2.45) is 10.7 Å². The molecule has 0 radical (unpaired) electrons. The third kappa shape index (κ3) is 2.47. The van der Waals surface area contributed by atoms with Gasteiger partial charge < -0.3 is 20.3 Å². The van der Waals surface area contributed by atoms with Gasteiger partial charge in [-0.1, -0.05) is 0 Å². The topological polar surface area (TPSA) is 54.1 Å². The van der Waals surface area contributed by atoms with E-state index >= 15 is 0 Å². The second-order valence-corrected chi connectivity index (χ2v) is 5.67. The van der Waals surface area contributed by atoms with E-state index in [1.807, 2.05) is 0 Å². The first-order valence-corrected chi connectivity index (χ1v) is 6.89. The van der Waals surface area contributed by atoms with Crippen LogP contribution in [0.15, 0.2) is 4.99 Å². The van der Waals surface area contributed by atoms with Gasteiger partial charge >= 0.3 is 0 Å². The van der Waals surface area contributed by atoms with Gasteiger partial charge in [-0.2, -0.15) is 0 Å².